The highest BCUT2D eigenvalue weighted by Crippen LogP contribution is 2.29. The van der Waals surface area contributed by atoms with Crippen LogP contribution in [-0.4, -0.2) is 0 Å². The normalized spacial score (nSPS) is 16.5. The second-order valence-electron chi connectivity index (χ2n) is 3.54. The molecule has 0 bridgehead atoms. The molecule has 2 N–H and O–H groups in total. The molecule has 1 heterocycles. The van der Waals surface area contributed by atoms with E-state index >= 15 is 0 Å². The summed E-state index contributed by atoms with van der Waals surface area (Å²) in [7, 11) is 0. The summed E-state index contributed by atoms with van der Waals surface area (Å²) in [6, 6.07) is 3.77. The van der Waals surface area contributed by atoms with Gasteiger partial charge in [0.1, 0.15) is 5.76 Å². The fourth-order valence-corrected chi connectivity index (χ4v) is 1.19. The third kappa shape index (κ3) is 1.72. The van der Waals surface area contributed by atoms with Crippen molar-refractivity contribution in [2.24, 2.45) is 11.7 Å². The number of nitrogens with two attached hydrogens (primary N) is 1. The van der Waals surface area contributed by atoms with Gasteiger partial charge in [0.2, 0.25) is 0 Å². The van der Waals surface area contributed by atoms with Gasteiger partial charge in [-0.3, -0.25) is 0 Å². The van der Waals surface area contributed by atoms with Gasteiger partial charge in [-0.05, 0) is 40.9 Å². The topological polar surface area (TPSA) is 39.2 Å². The van der Waals surface area contributed by atoms with Gasteiger partial charge in [0, 0.05) is 0 Å². The van der Waals surface area contributed by atoms with Crippen molar-refractivity contribution in [1.29, 1.82) is 0 Å². The van der Waals surface area contributed by atoms with Gasteiger partial charge in [-0.2, -0.15) is 0 Å². The zero-order valence-electron chi connectivity index (χ0n) is 7.60. The van der Waals surface area contributed by atoms with Crippen molar-refractivity contribution >= 4 is 15.9 Å². The SMILES string of the molecule is CC(C)C(C)(N)c1ccc(Br)o1. The molecule has 1 rings (SSSR count). The van der Waals surface area contributed by atoms with Crippen LogP contribution in [-0.2, 0) is 5.54 Å². The van der Waals surface area contributed by atoms with E-state index in [0.717, 1.165) is 10.4 Å². The van der Waals surface area contributed by atoms with Crippen molar-refractivity contribution in [3.05, 3.63) is 22.6 Å². The van der Waals surface area contributed by atoms with Crippen LogP contribution < -0.4 is 5.73 Å². The van der Waals surface area contributed by atoms with E-state index in [9.17, 15) is 0 Å². The maximum atomic E-state index is 6.08. The average Bonchev–Trinajstić information content (AvgIpc) is 2.35. The maximum absolute atomic E-state index is 6.08. The fourth-order valence-electron chi connectivity index (χ4n) is 0.888. The van der Waals surface area contributed by atoms with Crippen molar-refractivity contribution in [2.45, 2.75) is 26.3 Å². The molecule has 0 saturated carbocycles. The highest BCUT2D eigenvalue weighted by Gasteiger charge is 2.28. The van der Waals surface area contributed by atoms with Gasteiger partial charge in [-0.25, -0.2) is 0 Å². The van der Waals surface area contributed by atoms with E-state index in [1.54, 1.807) is 0 Å². The van der Waals surface area contributed by atoms with Crippen LogP contribution in [0, 0.1) is 5.92 Å². The lowest BCUT2D eigenvalue weighted by molar-refractivity contribution is 0.279. The molecule has 0 aliphatic carbocycles. The first-order valence-electron chi connectivity index (χ1n) is 3.99. The van der Waals surface area contributed by atoms with E-state index in [1.165, 1.54) is 0 Å². The molecule has 0 saturated heterocycles. The third-order valence-electron chi connectivity index (χ3n) is 2.30. The quantitative estimate of drug-likeness (QED) is 0.851. The van der Waals surface area contributed by atoms with Crippen molar-refractivity contribution in [3.63, 3.8) is 0 Å². The number of hydrogen-bond donors (Lipinski definition) is 1. The lowest BCUT2D eigenvalue weighted by atomic mass is 9.87. The summed E-state index contributed by atoms with van der Waals surface area (Å²) in [5, 5.41) is 0. The predicted octanol–water partition coefficient (Wildman–Crippen LogP) is 2.87. The zero-order valence-corrected chi connectivity index (χ0v) is 9.18. The monoisotopic (exact) mass is 231 g/mol. The summed E-state index contributed by atoms with van der Waals surface area (Å²) < 4.78 is 6.13. The molecule has 0 spiro atoms. The highest BCUT2D eigenvalue weighted by molar-refractivity contribution is 9.10. The minimum atomic E-state index is -0.383. The van der Waals surface area contributed by atoms with E-state index in [1.807, 2.05) is 19.1 Å². The summed E-state index contributed by atoms with van der Waals surface area (Å²) in [4.78, 5) is 0. The molecule has 0 aliphatic rings. The molecule has 0 radical (unpaired) electrons. The van der Waals surface area contributed by atoms with Crippen LogP contribution in [0.5, 0.6) is 0 Å². The third-order valence-corrected chi connectivity index (χ3v) is 2.73. The molecule has 0 fully saturated rings. The highest BCUT2D eigenvalue weighted by atomic mass is 79.9. The number of rotatable bonds is 2. The van der Waals surface area contributed by atoms with Crippen LogP contribution in [0.15, 0.2) is 21.2 Å². The summed E-state index contributed by atoms with van der Waals surface area (Å²) in [6.45, 7) is 6.13. The van der Waals surface area contributed by atoms with Crippen LogP contribution in [0.1, 0.15) is 26.5 Å². The van der Waals surface area contributed by atoms with Gasteiger partial charge in [0.25, 0.3) is 0 Å². The minimum Gasteiger partial charge on any atom is -0.452 e. The molecule has 1 aromatic heterocycles. The molecule has 1 unspecified atom stereocenters. The van der Waals surface area contributed by atoms with E-state index < -0.39 is 0 Å². The van der Waals surface area contributed by atoms with Crippen molar-refractivity contribution < 1.29 is 4.42 Å². The van der Waals surface area contributed by atoms with E-state index in [2.05, 4.69) is 29.8 Å². The fraction of sp³-hybridized carbons (Fsp3) is 0.556. The van der Waals surface area contributed by atoms with E-state index in [-0.39, 0.29) is 5.54 Å². The van der Waals surface area contributed by atoms with Crippen molar-refractivity contribution in [3.8, 4) is 0 Å². The van der Waals surface area contributed by atoms with Crippen LogP contribution in [0.25, 0.3) is 0 Å². The van der Waals surface area contributed by atoms with Gasteiger partial charge in [-0.15, -0.1) is 0 Å². The van der Waals surface area contributed by atoms with Gasteiger partial charge in [-0.1, -0.05) is 13.8 Å². The second kappa shape index (κ2) is 3.23. The lowest BCUT2D eigenvalue weighted by Crippen LogP contribution is -2.38. The Morgan fingerprint density at radius 3 is 2.42 bits per heavy atom. The number of furan rings is 1. The molecule has 68 valence electrons. The Labute approximate surface area is 81.3 Å². The Bertz CT molecular complexity index is 265. The number of halogens is 1. The van der Waals surface area contributed by atoms with E-state index in [0.29, 0.717) is 5.92 Å². The molecule has 1 atom stereocenters. The largest absolute Gasteiger partial charge is 0.452 e. The summed E-state index contributed by atoms with van der Waals surface area (Å²) in [6.07, 6.45) is 0. The standard InChI is InChI=1S/C9H14BrNO/c1-6(2)9(3,11)7-4-5-8(10)12-7/h4-6H,11H2,1-3H3. The predicted molar refractivity (Wildman–Crippen MR) is 52.8 cm³/mol. The molecule has 1 aromatic rings. The average molecular weight is 232 g/mol. The van der Waals surface area contributed by atoms with Gasteiger partial charge >= 0.3 is 0 Å². The molecule has 0 aliphatic heterocycles. The van der Waals surface area contributed by atoms with Crippen LogP contribution in [0.2, 0.25) is 0 Å². The van der Waals surface area contributed by atoms with Gasteiger partial charge in [0.15, 0.2) is 4.67 Å². The second-order valence-corrected chi connectivity index (χ2v) is 4.32. The molecule has 3 heteroatoms. The molecule has 2 nitrogen and oxygen atoms in total. The molecular formula is C9H14BrNO. The number of hydrogen-bond acceptors (Lipinski definition) is 2. The Kier molecular flexibility index (Phi) is 2.64. The minimum absolute atomic E-state index is 0.357. The Balaban J connectivity index is 2.97. The smallest absolute Gasteiger partial charge is 0.169 e. The molecule has 0 aromatic carbocycles. The van der Waals surface area contributed by atoms with Crippen LogP contribution >= 0.6 is 15.9 Å². The first-order chi connectivity index (χ1) is 5.44. The Morgan fingerprint density at radius 2 is 2.08 bits per heavy atom. The molecule has 0 amide bonds. The lowest BCUT2D eigenvalue weighted by Gasteiger charge is -2.26. The van der Waals surface area contributed by atoms with Crippen molar-refractivity contribution in [2.75, 3.05) is 0 Å². The van der Waals surface area contributed by atoms with Gasteiger partial charge < -0.3 is 10.2 Å². The first-order valence-corrected chi connectivity index (χ1v) is 4.78. The van der Waals surface area contributed by atoms with Gasteiger partial charge in [0.05, 0.1) is 5.54 Å². The molecular weight excluding hydrogens is 218 g/mol. The Morgan fingerprint density at radius 1 is 1.50 bits per heavy atom. The summed E-state index contributed by atoms with van der Waals surface area (Å²) in [5.74, 6) is 1.18. The maximum Gasteiger partial charge on any atom is 0.169 e. The molecule has 12 heavy (non-hydrogen) atoms. The van der Waals surface area contributed by atoms with Crippen molar-refractivity contribution in [1.82, 2.24) is 0 Å². The Hall–Kier alpha value is -0.280. The van der Waals surface area contributed by atoms with Crippen LogP contribution in [0.3, 0.4) is 0 Å². The van der Waals surface area contributed by atoms with Crippen LogP contribution in [0.4, 0.5) is 0 Å². The summed E-state index contributed by atoms with van der Waals surface area (Å²) in [5.41, 5.74) is 5.70. The zero-order chi connectivity index (χ0) is 9.35. The van der Waals surface area contributed by atoms with E-state index in [4.69, 9.17) is 10.2 Å². The summed E-state index contributed by atoms with van der Waals surface area (Å²) >= 11 is 3.25. The first kappa shape index (κ1) is 9.81.